The molecular weight excluding hydrogens is 266 g/mol. The highest BCUT2D eigenvalue weighted by Gasteiger charge is 2.24. The molecule has 2 rings (SSSR count). The molecule has 0 bridgehead atoms. The number of benzene rings is 1. The highest BCUT2D eigenvalue weighted by atomic mass is 32.2. The van der Waals surface area contributed by atoms with Crippen LogP contribution in [0.25, 0.3) is 0 Å². The normalized spacial score (nSPS) is 18.1. The van der Waals surface area contributed by atoms with E-state index in [-0.39, 0.29) is 30.6 Å². The Hall–Kier alpha value is -1.60. The molecule has 0 saturated carbocycles. The van der Waals surface area contributed by atoms with Crippen LogP contribution in [0, 0.1) is 0 Å². The van der Waals surface area contributed by atoms with Gasteiger partial charge in [0.05, 0.1) is 11.5 Å². The molecule has 0 unspecified atom stereocenters. The zero-order valence-electron chi connectivity index (χ0n) is 10.5. The van der Waals surface area contributed by atoms with Crippen LogP contribution < -0.4 is 11.1 Å². The van der Waals surface area contributed by atoms with E-state index in [1.54, 1.807) is 12.1 Å². The van der Waals surface area contributed by atoms with Crippen molar-refractivity contribution in [1.82, 2.24) is 4.90 Å². The molecule has 2 amide bonds. The van der Waals surface area contributed by atoms with Crippen molar-refractivity contribution < 1.29 is 13.2 Å². The lowest BCUT2D eigenvalue weighted by atomic mass is 10.2. The van der Waals surface area contributed by atoms with Gasteiger partial charge in [0.2, 0.25) is 0 Å². The number of hydrogen-bond donors (Lipinski definition) is 2. The number of anilines is 1. The van der Waals surface area contributed by atoms with Crippen molar-refractivity contribution in [3.8, 4) is 0 Å². The van der Waals surface area contributed by atoms with Gasteiger partial charge in [-0.1, -0.05) is 12.1 Å². The molecule has 1 aromatic carbocycles. The summed E-state index contributed by atoms with van der Waals surface area (Å²) in [5.41, 5.74) is 7.13. The molecule has 19 heavy (non-hydrogen) atoms. The topological polar surface area (TPSA) is 92.5 Å². The summed E-state index contributed by atoms with van der Waals surface area (Å²) in [6, 6.07) is 7.00. The van der Waals surface area contributed by atoms with Crippen molar-refractivity contribution in [1.29, 1.82) is 0 Å². The number of carbonyl (C=O) groups excluding carboxylic acids is 1. The Labute approximate surface area is 112 Å². The highest BCUT2D eigenvalue weighted by Crippen LogP contribution is 2.12. The first-order valence-electron chi connectivity index (χ1n) is 6.05. The van der Waals surface area contributed by atoms with E-state index in [0.29, 0.717) is 12.2 Å². The molecule has 1 saturated heterocycles. The Balaban J connectivity index is 1.97. The molecule has 1 aliphatic rings. The van der Waals surface area contributed by atoms with Crippen LogP contribution in [0.3, 0.4) is 0 Å². The Morgan fingerprint density at radius 3 is 2.63 bits per heavy atom. The number of hydrogen-bond acceptors (Lipinski definition) is 4. The molecule has 0 aliphatic carbocycles. The third kappa shape index (κ3) is 3.68. The number of rotatable bonds is 2. The van der Waals surface area contributed by atoms with Crippen LogP contribution in [0.1, 0.15) is 5.56 Å². The lowest BCUT2D eigenvalue weighted by Crippen LogP contribution is -2.45. The van der Waals surface area contributed by atoms with E-state index in [1.165, 1.54) is 4.90 Å². The third-order valence-electron chi connectivity index (χ3n) is 3.05. The predicted molar refractivity (Wildman–Crippen MR) is 73.6 cm³/mol. The van der Waals surface area contributed by atoms with Crippen LogP contribution in [-0.4, -0.2) is 43.9 Å². The molecule has 7 heteroatoms. The second-order valence-corrected chi connectivity index (χ2v) is 6.78. The van der Waals surface area contributed by atoms with Gasteiger partial charge in [-0.15, -0.1) is 0 Å². The number of nitrogens with zero attached hydrogens (tertiary/aromatic N) is 1. The quantitative estimate of drug-likeness (QED) is 0.822. The average Bonchev–Trinajstić information content (AvgIpc) is 2.38. The predicted octanol–water partition coefficient (Wildman–Crippen LogP) is 0.408. The summed E-state index contributed by atoms with van der Waals surface area (Å²) in [7, 11) is -2.97. The molecule has 3 N–H and O–H groups in total. The number of nitrogens with one attached hydrogen (secondary N) is 1. The van der Waals surface area contributed by atoms with E-state index in [4.69, 9.17) is 5.73 Å². The van der Waals surface area contributed by atoms with Crippen molar-refractivity contribution in [2.24, 2.45) is 5.73 Å². The van der Waals surface area contributed by atoms with Gasteiger partial charge in [-0.2, -0.15) is 0 Å². The summed E-state index contributed by atoms with van der Waals surface area (Å²) in [5, 5.41) is 2.75. The van der Waals surface area contributed by atoms with Crippen LogP contribution in [0.2, 0.25) is 0 Å². The van der Waals surface area contributed by atoms with Crippen LogP contribution in [0.4, 0.5) is 10.5 Å². The SMILES string of the molecule is NCc1cccc(NC(=O)N2CCS(=O)(=O)CC2)c1. The second-order valence-electron chi connectivity index (χ2n) is 4.47. The van der Waals surface area contributed by atoms with Crippen LogP contribution in [0.15, 0.2) is 24.3 Å². The van der Waals surface area contributed by atoms with Crippen LogP contribution >= 0.6 is 0 Å². The van der Waals surface area contributed by atoms with Crippen molar-refractivity contribution in [2.75, 3.05) is 29.9 Å². The molecule has 0 radical (unpaired) electrons. The molecule has 104 valence electrons. The zero-order valence-corrected chi connectivity index (χ0v) is 11.3. The fraction of sp³-hybridized carbons (Fsp3) is 0.417. The maximum atomic E-state index is 12.0. The second kappa shape index (κ2) is 5.58. The smallest absolute Gasteiger partial charge is 0.321 e. The standard InChI is InChI=1S/C12H17N3O3S/c13-9-10-2-1-3-11(8-10)14-12(16)15-4-6-19(17,18)7-5-15/h1-3,8H,4-7,9,13H2,(H,14,16). The fourth-order valence-corrected chi connectivity index (χ4v) is 3.10. The lowest BCUT2D eigenvalue weighted by Gasteiger charge is -2.26. The summed E-state index contributed by atoms with van der Waals surface area (Å²) in [6.07, 6.45) is 0. The average molecular weight is 283 g/mol. The maximum absolute atomic E-state index is 12.0. The summed E-state index contributed by atoms with van der Waals surface area (Å²) in [4.78, 5) is 13.5. The highest BCUT2D eigenvalue weighted by molar-refractivity contribution is 7.91. The van der Waals surface area contributed by atoms with Gasteiger partial charge in [-0.05, 0) is 17.7 Å². The van der Waals surface area contributed by atoms with Gasteiger partial charge in [-0.25, -0.2) is 13.2 Å². The Morgan fingerprint density at radius 1 is 1.32 bits per heavy atom. The number of carbonyl (C=O) groups is 1. The first-order valence-corrected chi connectivity index (χ1v) is 7.88. The minimum atomic E-state index is -2.97. The largest absolute Gasteiger partial charge is 0.326 e. The molecular formula is C12H17N3O3S. The van der Waals surface area contributed by atoms with Crippen LogP contribution in [-0.2, 0) is 16.4 Å². The van der Waals surface area contributed by atoms with Crippen molar-refractivity contribution in [2.45, 2.75) is 6.54 Å². The molecule has 1 heterocycles. The number of sulfone groups is 1. The zero-order chi connectivity index (χ0) is 13.9. The van der Waals surface area contributed by atoms with Gasteiger partial charge in [0, 0.05) is 25.3 Å². The van der Waals surface area contributed by atoms with E-state index in [1.807, 2.05) is 12.1 Å². The summed E-state index contributed by atoms with van der Waals surface area (Å²) >= 11 is 0. The summed E-state index contributed by atoms with van der Waals surface area (Å²) in [5.74, 6) is 0.0620. The van der Waals surface area contributed by atoms with E-state index >= 15 is 0 Å². The Kier molecular flexibility index (Phi) is 4.06. The Morgan fingerprint density at radius 2 is 2.00 bits per heavy atom. The monoisotopic (exact) mass is 283 g/mol. The van der Waals surface area contributed by atoms with E-state index < -0.39 is 9.84 Å². The van der Waals surface area contributed by atoms with Gasteiger partial charge in [0.15, 0.2) is 9.84 Å². The van der Waals surface area contributed by atoms with Gasteiger partial charge in [0.25, 0.3) is 0 Å². The maximum Gasteiger partial charge on any atom is 0.321 e. The van der Waals surface area contributed by atoms with Gasteiger partial charge < -0.3 is 16.0 Å². The van der Waals surface area contributed by atoms with Gasteiger partial charge in [0.1, 0.15) is 0 Å². The number of amides is 2. The molecule has 0 spiro atoms. The molecule has 1 aromatic rings. The van der Waals surface area contributed by atoms with E-state index in [9.17, 15) is 13.2 Å². The number of urea groups is 1. The molecule has 0 aromatic heterocycles. The lowest BCUT2D eigenvalue weighted by molar-refractivity contribution is 0.216. The van der Waals surface area contributed by atoms with E-state index in [2.05, 4.69) is 5.32 Å². The van der Waals surface area contributed by atoms with Gasteiger partial charge >= 0.3 is 6.03 Å². The Bertz CT molecular complexity index is 557. The van der Waals surface area contributed by atoms with Crippen molar-refractivity contribution in [3.63, 3.8) is 0 Å². The van der Waals surface area contributed by atoms with Crippen molar-refractivity contribution in [3.05, 3.63) is 29.8 Å². The molecule has 1 fully saturated rings. The first-order chi connectivity index (χ1) is 9.00. The third-order valence-corrected chi connectivity index (χ3v) is 4.65. The van der Waals surface area contributed by atoms with Gasteiger partial charge in [-0.3, -0.25) is 0 Å². The van der Waals surface area contributed by atoms with Crippen LogP contribution in [0.5, 0.6) is 0 Å². The number of nitrogens with two attached hydrogens (primary N) is 1. The fourth-order valence-electron chi connectivity index (χ4n) is 1.89. The molecule has 0 atom stereocenters. The summed E-state index contributed by atoms with van der Waals surface area (Å²) in [6.45, 7) is 0.890. The molecule has 6 nitrogen and oxygen atoms in total. The van der Waals surface area contributed by atoms with E-state index in [0.717, 1.165) is 5.56 Å². The molecule has 1 aliphatic heterocycles. The summed E-state index contributed by atoms with van der Waals surface area (Å²) < 4.78 is 22.6. The first kappa shape index (κ1) is 13.8. The van der Waals surface area contributed by atoms with Crippen molar-refractivity contribution >= 4 is 21.6 Å². The minimum Gasteiger partial charge on any atom is -0.326 e. The minimum absolute atomic E-state index is 0.0310.